The second-order valence-corrected chi connectivity index (χ2v) is 5.13. The fraction of sp³-hybridized carbons (Fsp3) is 0.615. The zero-order valence-corrected chi connectivity index (χ0v) is 10.7. The van der Waals surface area contributed by atoms with Crippen molar-refractivity contribution < 1.29 is 9.90 Å². The van der Waals surface area contributed by atoms with E-state index in [0.29, 0.717) is 5.69 Å². The molecule has 0 unspecified atom stereocenters. The summed E-state index contributed by atoms with van der Waals surface area (Å²) in [5.74, 6) is -1.08. The first kappa shape index (κ1) is 12.8. The molecule has 98 valence electrons. The molecule has 1 heterocycles. The zero-order valence-electron chi connectivity index (χ0n) is 10.7. The van der Waals surface area contributed by atoms with Crippen molar-refractivity contribution in [2.75, 3.05) is 0 Å². The molecule has 1 aliphatic carbocycles. The third-order valence-corrected chi connectivity index (χ3v) is 3.48. The Morgan fingerprint density at radius 3 is 2.56 bits per heavy atom. The third kappa shape index (κ3) is 2.30. The Hall–Kier alpha value is -1.65. The van der Waals surface area contributed by atoms with E-state index in [1.807, 2.05) is 13.8 Å². The van der Waals surface area contributed by atoms with Gasteiger partial charge in [-0.15, -0.1) is 0 Å². The maximum Gasteiger partial charge on any atom is 0.348 e. The van der Waals surface area contributed by atoms with Gasteiger partial charge in [0, 0.05) is 12.2 Å². The van der Waals surface area contributed by atoms with Gasteiger partial charge in [-0.1, -0.05) is 26.7 Å². The summed E-state index contributed by atoms with van der Waals surface area (Å²) in [6, 6.07) is 0.115. The van der Waals surface area contributed by atoms with E-state index >= 15 is 0 Å². The molecule has 0 amide bonds. The standard InChI is InChI=1S/C13H18N2O3/c1-8(2)11-10(12(16)17)7-15(13(18)14-11)9-5-3-4-6-9/h7-9H,3-6H2,1-2H3,(H,16,17). The molecule has 0 saturated heterocycles. The fourth-order valence-electron chi connectivity index (χ4n) is 2.53. The highest BCUT2D eigenvalue weighted by atomic mass is 16.4. The van der Waals surface area contributed by atoms with Crippen molar-refractivity contribution in [3.63, 3.8) is 0 Å². The first-order valence-electron chi connectivity index (χ1n) is 6.37. The van der Waals surface area contributed by atoms with Crippen molar-refractivity contribution in [2.24, 2.45) is 0 Å². The Balaban J connectivity index is 2.53. The average Bonchev–Trinajstić information content (AvgIpc) is 2.81. The Morgan fingerprint density at radius 2 is 2.06 bits per heavy atom. The van der Waals surface area contributed by atoms with Crippen molar-refractivity contribution in [3.8, 4) is 0 Å². The molecule has 0 atom stereocenters. The highest BCUT2D eigenvalue weighted by molar-refractivity contribution is 5.88. The number of carbonyl (C=O) groups is 1. The van der Waals surface area contributed by atoms with E-state index in [-0.39, 0.29) is 23.2 Å². The number of hydrogen-bond acceptors (Lipinski definition) is 3. The number of aromatic nitrogens is 2. The smallest absolute Gasteiger partial charge is 0.348 e. The SMILES string of the molecule is CC(C)c1nc(=O)n(C2CCCC2)cc1C(=O)O. The Morgan fingerprint density at radius 1 is 1.44 bits per heavy atom. The molecule has 1 saturated carbocycles. The molecule has 0 aromatic carbocycles. The zero-order chi connectivity index (χ0) is 13.3. The van der Waals surface area contributed by atoms with E-state index in [0.717, 1.165) is 25.7 Å². The van der Waals surface area contributed by atoms with Crippen LogP contribution in [0.15, 0.2) is 11.0 Å². The fourth-order valence-corrected chi connectivity index (χ4v) is 2.53. The van der Waals surface area contributed by atoms with Crippen LogP contribution in [0.2, 0.25) is 0 Å². The number of hydrogen-bond donors (Lipinski definition) is 1. The molecule has 2 rings (SSSR count). The van der Waals surface area contributed by atoms with Crippen LogP contribution in [-0.2, 0) is 0 Å². The lowest BCUT2D eigenvalue weighted by atomic mass is 10.1. The van der Waals surface area contributed by atoms with Crippen LogP contribution in [0.1, 0.15) is 67.5 Å². The Kier molecular flexibility index (Phi) is 3.50. The summed E-state index contributed by atoms with van der Waals surface area (Å²) >= 11 is 0. The summed E-state index contributed by atoms with van der Waals surface area (Å²) in [5, 5.41) is 9.22. The van der Waals surface area contributed by atoms with Gasteiger partial charge in [-0.25, -0.2) is 9.59 Å². The minimum Gasteiger partial charge on any atom is -0.478 e. The Labute approximate surface area is 105 Å². The van der Waals surface area contributed by atoms with Crippen LogP contribution in [0.3, 0.4) is 0 Å². The summed E-state index contributed by atoms with van der Waals surface area (Å²) in [4.78, 5) is 27.2. The first-order chi connectivity index (χ1) is 8.50. The molecule has 0 spiro atoms. The van der Waals surface area contributed by atoms with E-state index < -0.39 is 5.97 Å². The van der Waals surface area contributed by atoms with Gasteiger partial charge >= 0.3 is 11.7 Å². The van der Waals surface area contributed by atoms with E-state index in [1.54, 1.807) is 0 Å². The molecular weight excluding hydrogens is 232 g/mol. The van der Waals surface area contributed by atoms with Gasteiger partial charge in [0.2, 0.25) is 0 Å². The molecule has 5 nitrogen and oxygen atoms in total. The number of rotatable bonds is 3. The molecule has 1 aromatic rings. The van der Waals surface area contributed by atoms with Crippen LogP contribution in [0.5, 0.6) is 0 Å². The minimum absolute atomic E-state index is 0.0676. The van der Waals surface area contributed by atoms with Crippen molar-refractivity contribution in [2.45, 2.75) is 51.5 Å². The van der Waals surface area contributed by atoms with Gasteiger partial charge in [-0.3, -0.25) is 4.57 Å². The first-order valence-corrected chi connectivity index (χ1v) is 6.37. The lowest BCUT2D eigenvalue weighted by Crippen LogP contribution is -2.29. The summed E-state index contributed by atoms with van der Waals surface area (Å²) in [6.45, 7) is 3.68. The molecule has 1 aromatic heterocycles. The molecule has 5 heteroatoms. The molecule has 18 heavy (non-hydrogen) atoms. The van der Waals surface area contributed by atoms with E-state index in [9.17, 15) is 14.7 Å². The quantitative estimate of drug-likeness (QED) is 0.892. The lowest BCUT2D eigenvalue weighted by molar-refractivity contribution is 0.0693. The molecule has 0 bridgehead atoms. The van der Waals surface area contributed by atoms with Gasteiger partial charge in [0.1, 0.15) is 0 Å². The average molecular weight is 250 g/mol. The van der Waals surface area contributed by atoms with Crippen LogP contribution in [0.4, 0.5) is 0 Å². The summed E-state index contributed by atoms with van der Waals surface area (Å²) in [5.41, 5.74) is 0.203. The van der Waals surface area contributed by atoms with E-state index in [1.165, 1.54) is 10.8 Å². The van der Waals surface area contributed by atoms with E-state index in [4.69, 9.17) is 0 Å². The van der Waals surface area contributed by atoms with Gasteiger partial charge < -0.3 is 5.11 Å². The monoisotopic (exact) mass is 250 g/mol. The maximum absolute atomic E-state index is 12.0. The van der Waals surface area contributed by atoms with Crippen molar-refractivity contribution in [1.82, 2.24) is 9.55 Å². The topological polar surface area (TPSA) is 72.2 Å². The molecule has 1 N–H and O–H groups in total. The maximum atomic E-state index is 12.0. The number of carboxylic acid groups (broad SMARTS) is 1. The van der Waals surface area contributed by atoms with Crippen LogP contribution >= 0.6 is 0 Å². The molecule has 0 aliphatic heterocycles. The lowest BCUT2D eigenvalue weighted by Gasteiger charge is -2.16. The summed E-state index contributed by atoms with van der Waals surface area (Å²) in [7, 11) is 0. The highest BCUT2D eigenvalue weighted by Gasteiger charge is 2.22. The molecular formula is C13H18N2O3. The number of carboxylic acids is 1. The van der Waals surface area contributed by atoms with Crippen molar-refractivity contribution in [3.05, 3.63) is 27.9 Å². The second-order valence-electron chi connectivity index (χ2n) is 5.13. The number of nitrogens with zero attached hydrogens (tertiary/aromatic N) is 2. The highest BCUT2D eigenvalue weighted by Crippen LogP contribution is 2.28. The molecule has 1 fully saturated rings. The van der Waals surface area contributed by atoms with Crippen LogP contribution in [0.25, 0.3) is 0 Å². The largest absolute Gasteiger partial charge is 0.478 e. The van der Waals surface area contributed by atoms with Crippen molar-refractivity contribution >= 4 is 5.97 Å². The van der Waals surface area contributed by atoms with Gasteiger partial charge in [-0.2, -0.15) is 4.98 Å². The number of aromatic carboxylic acids is 1. The van der Waals surface area contributed by atoms with Gasteiger partial charge in [-0.05, 0) is 18.8 Å². The van der Waals surface area contributed by atoms with Gasteiger partial charge in [0.05, 0.1) is 11.3 Å². The van der Waals surface area contributed by atoms with Crippen LogP contribution in [0, 0.1) is 0 Å². The summed E-state index contributed by atoms with van der Waals surface area (Å²) in [6.07, 6.45) is 5.52. The predicted molar refractivity (Wildman–Crippen MR) is 67.1 cm³/mol. The third-order valence-electron chi connectivity index (χ3n) is 3.48. The second kappa shape index (κ2) is 4.92. The van der Waals surface area contributed by atoms with E-state index in [2.05, 4.69) is 4.98 Å². The predicted octanol–water partition coefficient (Wildman–Crippen LogP) is 2.18. The van der Waals surface area contributed by atoms with Crippen molar-refractivity contribution in [1.29, 1.82) is 0 Å². The summed E-state index contributed by atoms with van der Waals surface area (Å²) < 4.78 is 1.50. The van der Waals surface area contributed by atoms with Crippen LogP contribution < -0.4 is 5.69 Å². The van der Waals surface area contributed by atoms with Gasteiger partial charge in [0.15, 0.2) is 0 Å². The van der Waals surface area contributed by atoms with Gasteiger partial charge in [0.25, 0.3) is 0 Å². The molecule has 1 aliphatic rings. The Bertz CT molecular complexity index is 513. The van der Waals surface area contributed by atoms with Crippen LogP contribution in [-0.4, -0.2) is 20.6 Å². The molecule has 0 radical (unpaired) electrons. The minimum atomic E-state index is -1.02. The normalized spacial score (nSPS) is 16.4.